The van der Waals surface area contributed by atoms with Gasteiger partial charge >= 0.3 is 6.03 Å². The fourth-order valence-electron chi connectivity index (χ4n) is 3.74. The Morgan fingerprint density at radius 1 is 1.30 bits per heavy atom. The van der Waals surface area contributed by atoms with Crippen LogP contribution in [0.4, 0.5) is 10.5 Å². The molecule has 6 nitrogen and oxygen atoms in total. The van der Waals surface area contributed by atoms with E-state index in [9.17, 15) is 4.79 Å². The van der Waals surface area contributed by atoms with E-state index < -0.39 is 0 Å². The van der Waals surface area contributed by atoms with E-state index in [2.05, 4.69) is 21.2 Å². The number of ether oxygens (including phenoxy) is 3. The van der Waals surface area contributed by atoms with Crippen LogP contribution in [0.1, 0.15) is 32.6 Å². The summed E-state index contributed by atoms with van der Waals surface area (Å²) in [6.07, 6.45) is 3.77. The quantitative estimate of drug-likeness (QED) is 0.677. The zero-order valence-electron chi connectivity index (χ0n) is 15.9. The number of piperidine rings is 1. The molecule has 7 heteroatoms. The van der Waals surface area contributed by atoms with Crippen LogP contribution in [0.25, 0.3) is 0 Å². The molecule has 0 aromatic heterocycles. The number of likely N-dealkylation sites (tertiary alicyclic amines) is 1. The third kappa shape index (κ3) is 5.91. The van der Waals surface area contributed by atoms with E-state index in [0.29, 0.717) is 26.3 Å². The molecular weight excluding hydrogens is 412 g/mol. The summed E-state index contributed by atoms with van der Waals surface area (Å²) in [5.41, 5.74) is 0.656. The molecule has 0 radical (unpaired) electrons. The first-order chi connectivity index (χ1) is 13.1. The average Bonchev–Trinajstić information content (AvgIpc) is 2.68. The van der Waals surface area contributed by atoms with Gasteiger partial charge in [-0.25, -0.2) is 4.79 Å². The van der Waals surface area contributed by atoms with Gasteiger partial charge < -0.3 is 24.4 Å². The minimum absolute atomic E-state index is 0.0486. The Bertz CT molecular complexity index is 603. The Balaban J connectivity index is 1.45. The number of hydrogen-bond acceptors (Lipinski definition) is 4. The number of rotatable bonds is 6. The minimum atomic E-state index is -0.150. The first kappa shape index (κ1) is 20.6. The molecule has 1 atom stereocenters. The Labute approximate surface area is 169 Å². The molecule has 1 spiro atoms. The molecule has 2 aliphatic rings. The van der Waals surface area contributed by atoms with E-state index in [-0.39, 0.29) is 17.7 Å². The fraction of sp³-hybridized carbons (Fsp3) is 0.650. The first-order valence-corrected chi connectivity index (χ1v) is 10.5. The van der Waals surface area contributed by atoms with Gasteiger partial charge in [0.05, 0.1) is 24.9 Å². The van der Waals surface area contributed by atoms with E-state index in [1.54, 1.807) is 0 Å². The molecule has 0 bridgehead atoms. The number of anilines is 1. The van der Waals surface area contributed by atoms with Crippen molar-refractivity contribution >= 4 is 27.6 Å². The molecule has 2 saturated heterocycles. The molecule has 0 saturated carbocycles. The Morgan fingerprint density at radius 3 is 2.74 bits per heavy atom. The fourth-order valence-corrected chi connectivity index (χ4v) is 4.01. The molecule has 2 heterocycles. The lowest BCUT2D eigenvalue weighted by Crippen LogP contribution is -2.52. The predicted molar refractivity (Wildman–Crippen MR) is 108 cm³/mol. The zero-order valence-corrected chi connectivity index (χ0v) is 17.5. The van der Waals surface area contributed by atoms with Crippen LogP contribution in [0.2, 0.25) is 0 Å². The molecule has 1 aromatic rings. The highest BCUT2D eigenvalue weighted by atomic mass is 79.9. The van der Waals surface area contributed by atoms with Crippen molar-refractivity contribution in [1.82, 2.24) is 4.90 Å². The van der Waals surface area contributed by atoms with Crippen molar-refractivity contribution in [3.63, 3.8) is 0 Å². The van der Waals surface area contributed by atoms with E-state index in [1.807, 2.05) is 36.1 Å². The Kier molecular flexibility index (Phi) is 7.52. The normalized spacial score (nSPS) is 22.0. The topological polar surface area (TPSA) is 60.0 Å². The van der Waals surface area contributed by atoms with Gasteiger partial charge in [0.15, 0.2) is 0 Å². The third-order valence-corrected chi connectivity index (χ3v) is 5.82. The molecule has 2 fully saturated rings. The highest BCUT2D eigenvalue weighted by Gasteiger charge is 2.41. The summed E-state index contributed by atoms with van der Waals surface area (Å²) in [5, 5.41) is 2.97. The SMILES string of the molecule is CCOCCOC1CCOC2(CCN(C(=O)Nc3ccc(Br)cc3)CC2)C1. The number of benzene rings is 1. The Hall–Kier alpha value is -1.15. The molecule has 2 aliphatic heterocycles. The standard InChI is InChI=1S/C20H29BrN2O4/c1-2-25-13-14-26-18-7-12-27-20(15-18)8-10-23(11-9-20)19(24)22-17-5-3-16(21)4-6-17/h3-6,18H,2,7-15H2,1H3,(H,22,24). The van der Waals surface area contributed by atoms with Crippen LogP contribution in [-0.4, -0.2) is 62.2 Å². The van der Waals surface area contributed by atoms with Gasteiger partial charge in [0.25, 0.3) is 0 Å². The maximum Gasteiger partial charge on any atom is 0.321 e. The molecular formula is C20H29BrN2O4. The number of amides is 2. The van der Waals surface area contributed by atoms with Gasteiger partial charge in [0, 0.05) is 42.9 Å². The van der Waals surface area contributed by atoms with Crippen molar-refractivity contribution in [2.24, 2.45) is 0 Å². The molecule has 1 aromatic carbocycles. The maximum absolute atomic E-state index is 12.5. The number of hydrogen-bond donors (Lipinski definition) is 1. The number of nitrogens with one attached hydrogen (secondary N) is 1. The third-order valence-electron chi connectivity index (χ3n) is 5.29. The van der Waals surface area contributed by atoms with E-state index in [0.717, 1.165) is 49.1 Å². The lowest BCUT2D eigenvalue weighted by molar-refractivity contribution is -0.154. The van der Waals surface area contributed by atoms with Gasteiger partial charge in [0.1, 0.15) is 0 Å². The number of carbonyl (C=O) groups excluding carboxylic acids is 1. The summed E-state index contributed by atoms with van der Waals surface area (Å²) < 4.78 is 18.5. The van der Waals surface area contributed by atoms with E-state index >= 15 is 0 Å². The summed E-state index contributed by atoms with van der Waals surface area (Å²) in [6, 6.07) is 7.57. The van der Waals surface area contributed by atoms with Gasteiger partial charge in [-0.3, -0.25) is 0 Å². The second-order valence-electron chi connectivity index (χ2n) is 7.14. The highest BCUT2D eigenvalue weighted by Crippen LogP contribution is 2.36. The largest absolute Gasteiger partial charge is 0.379 e. The number of halogens is 1. The van der Waals surface area contributed by atoms with Gasteiger partial charge in [-0.15, -0.1) is 0 Å². The second kappa shape index (κ2) is 9.87. The smallest absolute Gasteiger partial charge is 0.321 e. The van der Waals surface area contributed by atoms with Crippen molar-refractivity contribution in [2.75, 3.05) is 44.8 Å². The highest BCUT2D eigenvalue weighted by molar-refractivity contribution is 9.10. The molecule has 27 heavy (non-hydrogen) atoms. The molecule has 150 valence electrons. The van der Waals surface area contributed by atoms with Crippen molar-refractivity contribution in [3.8, 4) is 0 Å². The average molecular weight is 441 g/mol. The van der Waals surface area contributed by atoms with E-state index in [1.165, 1.54) is 0 Å². The summed E-state index contributed by atoms with van der Waals surface area (Å²) in [4.78, 5) is 14.4. The van der Waals surface area contributed by atoms with Crippen LogP contribution in [0.3, 0.4) is 0 Å². The summed E-state index contributed by atoms with van der Waals surface area (Å²) in [5.74, 6) is 0. The number of nitrogens with zero attached hydrogens (tertiary/aromatic N) is 1. The van der Waals surface area contributed by atoms with E-state index in [4.69, 9.17) is 14.2 Å². The predicted octanol–water partition coefficient (Wildman–Crippen LogP) is 4.05. The van der Waals surface area contributed by atoms with Crippen LogP contribution in [0, 0.1) is 0 Å². The van der Waals surface area contributed by atoms with Gasteiger partial charge in [-0.1, -0.05) is 15.9 Å². The van der Waals surface area contributed by atoms with Crippen LogP contribution in [0.5, 0.6) is 0 Å². The second-order valence-corrected chi connectivity index (χ2v) is 8.05. The van der Waals surface area contributed by atoms with Crippen LogP contribution < -0.4 is 5.32 Å². The maximum atomic E-state index is 12.5. The van der Waals surface area contributed by atoms with Gasteiger partial charge in [-0.2, -0.15) is 0 Å². The first-order valence-electron chi connectivity index (χ1n) is 9.75. The summed E-state index contributed by atoms with van der Waals surface area (Å²) in [6.45, 7) is 6.12. The monoisotopic (exact) mass is 440 g/mol. The molecule has 0 aliphatic carbocycles. The Morgan fingerprint density at radius 2 is 2.04 bits per heavy atom. The van der Waals surface area contributed by atoms with Gasteiger partial charge in [0.2, 0.25) is 0 Å². The van der Waals surface area contributed by atoms with Crippen LogP contribution >= 0.6 is 15.9 Å². The molecule has 2 amide bonds. The van der Waals surface area contributed by atoms with Crippen molar-refractivity contribution in [2.45, 2.75) is 44.3 Å². The van der Waals surface area contributed by atoms with Gasteiger partial charge in [-0.05, 0) is 50.5 Å². The van der Waals surface area contributed by atoms with Crippen LogP contribution in [0.15, 0.2) is 28.7 Å². The zero-order chi connectivity index (χ0) is 19.1. The summed E-state index contributed by atoms with van der Waals surface area (Å²) in [7, 11) is 0. The number of urea groups is 1. The lowest BCUT2D eigenvalue weighted by Gasteiger charge is -2.46. The van der Waals surface area contributed by atoms with Crippen LogP contribution in [-0.2, 0) is 14.2 Å². The molecule has 1 unspecified atom stereocenters. The number of carbonyl (C=O) groups is 1. The van der Waals surface area contributed by atoms with Crippen molar-refractivity contribution in [1.29, 1.82) is 0 Å². The van der Waals surface area contributed by atoms with Crippen molar-refractivity contribution in [3.05, 3.63) is 28.7 Å². The molecule has 1 N–H and O–H groups in total. The molecule has 3 rings (SSSR count). The summed E-state index contributed by atoms with van der Waals surface area (Å²) >= 11 is 3.40. The minimum Gasteiger partial charge on any atom is -0.379 e. The lowest BCUT2D eigenvalue weighted by atomic mass is 9.83. The van der Waals surface area contributed by atoms with Crippen molar-refractivity contribution < 1.29 is 19.0 Å².